The minimum atomic E-state index is -5.16. The lowest BCUT2D eigenvalue weighted by atomic mass is 9.83. The standard InChI is InChI=1S/C22H32F3N5O4/c1-12-6-8-30(19(33)16(21(2,3)4)29-20(34)22(23,24)25)15(9-12)18(32)28-14(11-26)10-13-5-7-27-17(13)31/h12-16H,5-10H2,1-4H3,(H,27,31)(H,28,32)(H,29,34)/t12-,13-,14-,15-,16+/m0/s1. The highest BCUT2D eigenvalue weighted by atomic mass is 19.4. The summed E-state index contributed by atoms with van der Waals surface area (Å²) < 4.78 is 38.6. The van der Waals surface area contributed by atoms with Gasteiger partial charge < -0.3 is 20.9 Å². The first kappa shape index (κ1) is 27.4. The number of halogens is 3. The SMILES string of the molecule is C[C@H]1CCN(C(=O)[C@@H](NC(=O)C(F)(F)F)C(C)(C)C)[C@H](C(=O)N[C@H](C#N)C[C@@H]2CCNC2=O)C1. The van der Waals surface area contributed by atoms with E-state index in [1.165, 1.54) is 25.7 Å². The van der Waals surface area contributed by atoms with Crippen molar-refractivity contribution in [3.05, 3.63) is 0 Å². The molecular formula is C22H32F3N5O4. The van der Waals surface area contributed by atoms with Crippen LogP contribution < -0.4 is 16.0 Å². The van der Waals surface area contributed by atoms with E-state index in [4.69, 9.17) is 0 Å². The Hall–Kier alpha value is -2.84. The number of alkyl halides is 3. The van der Waals surface area contributed by atoms with Crippen molar-refractivity contribution in [1.29, 1.82) is 5.26 Å². The lowest BCUT2D eigenvalue weighted by molar-refractivity contribution is -0.176. The van der Waals surface area contributed by atoms with E-state index in [0.29, 0.717) is 19.4 Å². The van der Waals surface area contributed by atoms with Gasteiger partial charge in [-0.3, -0.25) is 19.2 Å². The Morgan fingerprint density at radius 3 is 2.35 bits per heavy atom. The molecule has 0 bridgehead atoms. The first-order chi connectivity index (χ1) is 15.6. The molecule has 0 aliphatic carbocycles. The van der Waals surface area contributed by atoms with E-state index in [1.807, 2.05) is 13.0 Å². The zero-order valence-corrected chi connectivity index (χ0v) is 19.8. The van der Waals surface area contributed by atoms with Gasteiger partial charge in [0.25, 0.3) is 0 Å². The molecule has 0 aromatic rings. The molecule has 5 atom stereocenters. The predicted octanol–water partition coefficient (Wildman–Crippen LogP) is 1.24. The van der Waals surface area contributed by atoms with Gasteiger partial charge in [-0.05, 0) is 37.0 Å². The monoisotopic (exact) mass is 487 g/mol. The van der Waals surface area contributed by atoms with Crippen LogP contribution in [0.5, 0.6) is 0 Å². The molecule has 2 fully saturated rings. The molecule has 9 nitrogen and oxygen atoms in total. The second-order valence-electron chi connectivity index (χ2n) is 10.1. The molecule has 3 N–H and O–H groups in total. The number of nitrogens with one attached hydrogen (secondary N) is 3. The zero-order valence-electron chi connectivity index (χ0n) is 19.8. The molecule has 4 amide bonds. The minimum Gasteiger partial charge on any atom is -0.356 e. The fourth-order valence-corrected chi connectivity index (χ4v) is 4.25. The lowest BCUT2D eigenvalue weighted by Gasteiger charge is -2.42. The highest BCUT2D eigenvalue weighted by molar-refractivity contribution is 5.94. The van der Waals surface area contributed by atoms with Gasteiger partial charge in [0.05, 0.1) is 6.07 Å². The number of piperidine rings is 1. The van der Waals surface area contributed by atoms with E-state index in [0.717, 1.165) is 0 Å². The molecule has 0 aromatic carbocycles. The van der Waals surface area contributed by atoms with Gasteiger partial charge in [-0.1, -0.05) is 27.7 Å². The first-order valence-electron chi connectivity index (χ1n) is 11.3. The summed E-state index contributed by atoms with van der Waals surface area (Å²) in [4.78, 5) is 51.1. The molecule has 2 rings (SSSR count). The smallest absolute Gasteiger partial charge is 0.356 e. The number of nitriles is 1. The average molecular weight is 488 g/mol. The van der Waals surface area contributed by atoms with Crippen molar-refractivity contribution in [3.8, 4) is 6.07 Å². The van der Waals surface area contributed by atoms with Crippen LogP contribution in [0.25, 0.3) is 0 Å². The number of carbonyl (C=O) groups excluding carboxylic acids is 4. The Morgan fingerprint density at radius 1 is 1.21 bits per heavy atom. The Labute approximate surface area is 196 Å². The molecule has 2 heterocycles. The third-order valence-corrected chi connectivity index (χ3v) is 6.25. The molecule has 12 heteroatoms. The van der Waals surface area contributed by atoms with E-state index in [9.17, 15) is 37.6 Å². The Bertz CT molecular complexity index is 849. The molecule has 34 heavy (non-hydrogen) atoms. The first-order valence-corrected chi connectivity index (χ1v) is 11.3. The van der Waals surface area contributed by atoms with Gasteiger partial charge in [-0.25, -0.2) is 0 Å². The summed E-state index contributed by atoms with van der Waals surface area (Å²) in [5.74, 6) is -4.17. The van der Waals surface area contributed by atoms with Crippen molar-refractivity contribution in [3.63, 3.8) is 0 Å². The van der Waals surface area contributed by atoms with E-state index in [2.05, 4.69) is 10.6 Å². The van der Waals surface area contributed by atoms with E-state index in [1.54, 1.807) is 5.32 Å². The van der Waals surface area contributed by atoms with E-state index >= 15 is 0 Å². The summed E-state index contributed by atoms with van der Waals surface area (Å²) >= 11 is 0. The van der Waals surface area contributed by atoms with Crippen LogP contribution in [0.2, 0.25) is 0 Å². The largest absolute Gasteiger partial charge is 0.471 e. The molecule has 0 spiro atoms. The average Bonchev–Trinajstić information content (AvgIpc) is 3.13. The van der Waals surface area contributed by atoms with Gasteiger partial charge in [0.2, 0.25) is 17.7 Å². The quantitative estimate of drug-likeness (QED) is 0.519. The fourth-order valence-electron chi connectivity index (χ4n) is 4.25. The molecule has 0 aromatic heterocycles. The molecular weight excluding hydrogens is 455 g/mol. The van der Waals surface area contributed by atoms with Gasteiger partial charge >= 0.3 is 12.1 Å². The number of rotatable bonds is 6. The van der Waals surface area contributed by atoms with Crippen LogP contribution in [0.4, 0.5) is 13.2 Å². The molecule has 2 saturated heterocycles. The molecule has 0 radical (unpaired) electrons. The summed E-state index contributed by atoms with van der Waals surface area (Å²) in [6.45, 7) is 7.06. The third-order valence-electron chi connectivity index (χ3n) is 6.25. The van der Waals surface area contributed by atoms with Crippen LogP contribution in [0, 0.1) is 28.6 Å². The maximum Gasteiger partial charge on any atom is 0.471 e. The summed E-state index contributed by atoms with van der Waals surface area (Å²) in [5, 5.41) is 16.5. The third kappa shape index (κ3) is 6.84. The Kier molecular flexibility index (Phi) is 8.55. The van der Waals surface area contributed by atoms with Crippen LogP contribution in [0.1, 0.15) is 53.4 Å². The normalized spacial score (nSPS) is 25.1. The Morgan fingerprint density at radius 2 is 1.85 bits per heavy atom. The maximum absolute atomic E-state index is 13.4. The van der Waals surface area contributed by atoms with Gasteiger partial charge in [0.1, 0.15) is 18.1 Å². The molecule has 190 valence electrons. The van der Waals surface area contributed by atoms with Crippen LogP contribution >= 0.6 is 0 Å². The lowest BCUT2D eigenvalue weighted by Crippen LogP contribution is -2.62. The van der Waals surface area contributed by atoms with Crippen molar-refractivity contribution < 1.29 is 32.3 Å². The zero-order chi connectivity index (χ0) is 25.8. The highest BCUT2D eigenvalue weighted by Gasteiger charge is 2.46. The fraction of sp³-hybridized carbons (Fsp3) is 0.773. The van der Waals surface area contributed by atoms with Crippen LogP contribution in [0.3, 0.4) is 0 Å². The number of hydrogen-bond donors (Lipinski definition) is 3. The number of likely N-dealkylation sites (tertiary alicyclic amines) is 1. The summed E-state index contributed by atoms with van der Waals surface area (Å²) in [7, 11) is 0. The Balaban J connectivity index is 2.21. The number of carbonyl (C=O) groups is 4. The van der Waals surface area contributed by atoms with Gasteiger partial charge in [0, 0.05) is 19.0 Å². The van der Waals surface area contributed by atoms with Crippen LogP contribution in [-0.2, 0) is 19.2 Å². The predicted molar refractivity (Wildman–Crippen MR) is 115 cm³/mol. The van der Waals surface area contributed by atoms with Crippen LogP contribution in [0.15, 0.2) is 0 Å². The van der Waals surface area contributed by atoms with Crippen molar-refractivity contribution in [1.82, 2.24) is 20.9 Å². The highest BCUT2D eigenvalue weighted by Crippen LogP contribution is 2.29. The topological polar surface area (TPSA) is 131 Å². The van der Waals surface area contributed by atoms with Crippen molar-refractivity contribution in [2.45, 2.75) is 77.7 Å². The van der Waals surface area contributed by atoms with Gasteiger partial charge in [-0.2, -0.15) is 18.4 Å². The number of amides is 4. The summed E-state index contributed by atoms with van der Waals surface area (Å²) in [6.07, 6.45) is -3.71. The molecule has 2 aliphatic rings. The molecule has 2 aliphatic heterocycles. The second-order valence-corrected chi connectivity index (χ2v) is 10.1. The molecule has 0 saturated carbocycles. The number of hydrogen-bond acceptors (Lipinski definition) is 5. The summed E-state index contributed by atoms with van der Waals surface area (Å²) in [5.41, 5.74) is -1.06. The maximum atomic E-state index is 13.4. The van der Waals surface area contributed by atoms with Crippen molar-refractivity contribution >= 4 is 23.6 Å². The molecule has 0 unspecified atom stereocenters. The number of nitrogens with zero attached hydrogens (tertiary/aromatic N) is 2. The minimum absolute atomic E-state index is 0.0544. The second kappa shape index (κ2) is 10.6. The van der Waals surface area contributed by atoms with Crippen molar-refractivity contribution in [2.75, 3.05) is 13.1 Å². The van der Waals surface area contributed by atoms with Crippen LogP contribution in [-0.4, -0.2) is 65.9 Å². The van der Waals surface area contributed by atoms with E-state index < -0.39 is 53.4 Å². The van der Waals surface area contributed by atoms with Crippen molar-refractivity contribution in [2.24, 2.45) is 17.3 Å². The van der Waals surface area contributed by atoms with Gasteiger partial charge in [-0.15, -0.1) is 0 Å². The summed E-state index contributed by atoms with van der Waals surface area (Å²) in [6, 6.07) is -1.52. The van der Waals surface area contributed by atoms with Gasteiger partial charge in [0.15, 0.2) is 0 Å². The van der Waals surface area contributed by atoms with E-state index in [-0.39, 0.29) is 31.2 Å².